The maximum atomic E-state index is 12.4. The van der Waals surface area contributed by atoms with Crippen LogP contribution in [0.3, 0.4) is 0 Å². The van der Waals surface area contributed by atoms with Crippen molar-refractivity contribution in [3.8, 4) is 11.5 Å². The second kappa shape index (κ2) is 7.55. The fraction of sp³-hybridized carbons (Fsp3) is 0.125. The third-order valence-corrected chi connectivity index (χ3v) is 4.31. The molecule has 0 bridgehead atoms. The Labute approximate surface area is 152 Å². The minimum absolute atomic E-state index is 0.125. The zero-order valence-corrected chi connectivity index (χ0v) is 15.2. The molecule has 0 unspecified atom stereocenters. The van der Waals surface area contributed by atoms with Crippen LogP contribution < -0.4 is 20.5 Å². The number of carbonyl (C=O) groups excluding carboxylic acids is 2. The topological polar surface area (TPSA) is 90.6 Å². The number of rotatable bonds is 5. The maximum Gasteiger partial charge on any atom is 0.255 e. The lowest BCUT2D eigenvalue weighted by Gasteiger charge is -2.12. The highest BCUT2D eigenvalue weighted by Gasteiger charge is 2.16. The van der Waals surface area contributed by atoms with Crippen LogP contribution in [-0.2, 0) is 0 Å². The van der Waals surface area contributed by atoms with Crippen LogP contribution in [0.15, 0.2) is 34.8 Å². The Kier molecular flexibility index (Phi) is 5.69. The highest BCUT2D eigenvalue weighted by molar-refractivity contribution is 9.10. The monoisotopic (exact) mass is 412 g/mol. The molecule has 6 nitrogen and oxygen atoms in total. The molecule has 0 aromatic heterocycles. The fourth-order valence-corrected chi connectivity index (χ4v) is 2.76. The van der Waals surface area contributed by atoms with Crippen LogP contribution in [0.2, 0.25) is 5.02 Å². The predicted octanol–water partition coefficient (Wildman–Crippen LogP) is 3.47. The van der Waals surface area contributed by atoms with E-state index in [-0.39, 0.29) is 10.6 Å². The number of hydrogen-bond donors (Lipinski definition) is 2. The standard InChI is InChI=1S/C16H14BrClN2O4/c1-23-12-5-8(6-13(24-2)14(12)17)16(22)20-9-3-4-11(18)10(7-9)15(19)21/h3-7H,1-2H3,(H2,19,21)(H,20,22). The molecule has 24 heavy (non-hydrogen) atoms. The molecule has 0 saturated heterocycles. The van der Waals surface area contributed by atoms with Gasteiger partial charge < -0.3 is 20.5 Å². The SMILES string of the molecule is COc1cc(C(=O)Nc2ccc(Cl)c(C(N)=O)c2)cc(OC)c1Br. The molecule has 3 N–H and O–H groups in total. The second-order valence-electron chi connectivity index (χ2n) is 4.71. The van der Waals surface area contributed by atoms with Gasteiger partial charge in [0.05, 0.1) is 24.8 Å². The lowest BCUT2D eigenvalue weighted by Crippen LogP contribution is -2.15. The third kappa shape index (κ3) is 3.80. The van der Waals surface area contributed by atoms with Crippen molar-refractivity contribution in [2.24, 2.45) is 5.73 Å². The summed E-state index contributed by atoms with van der Waals surface area (Å²) in [6, 6.07) is 7.59. The summed E-state index contributed by atoms with van der Waals surface area (Å²) >= 11 is 9.23. The number of carbonyl (C=O) groups is 2. The molecule has 0 heterocycles. The second-order valence-corrected chi connectivity index (χ2v) is 5.91. The number of ether oxygens (including phenoxy) is 2. The van der Waals surface area contributed by atoms with E-state index in [0.717, 1.165) is 0 Å². The predicted molar refractivity (Wildman–Crippen MR) is 95.2 cm³/mol. The molecular formula is C16H14BrClN2O4. The molecule has 2 aromatic rings. The Bertz CT molecular complexity index is 786. The van der Waals surface area contributed by atoms with Gasteiger partial charge in [0.1, 0.15) is 16.0 Å². The minimum atomic E-state index is -0.678. The van der Waals surface area contributed by atoms with Gasteiger partial charge in [-0.15, -0.1) is 0 Å². The number of hydrogen-bond acceptors (Lipinski definition) is 4. The summed E-state index contributed by atoms with van der Waals surface area (Å²) in [7, 11) is 2.97. The van der Waals surface area contributed by atoms with E-state index in [1.807, 2.05) is 0 Å². The first-order chi connectivity index (χ1) is 11.4. The summed E-state index contributed by atoms with van der Waals surface area (Å²) in [4.78, 5) is 23.8. The van der Waals surface area contributed by atoms with Gasteiger partial charge in [0.2, 0.25) is 5.91 Å². The van der Waals surface area contributed by atoms with E-state index in [0.29, 0.717) is 27.2 Å². The Hall–Kier alpha value is -2.25. The quantitative estimate of drug-likeness (QED) is 0.785. The molecule has 0 aliphatic heterocycles. The number of primary amides is 1. The van der Waals surface area contributed by atoms with Crippen LogP contribution in [0, 0.1) is 0 Å². The summed E-state index contributed by atoms with van der Waals surface area (Å²) in [6.07, 6.45) is 0. The minimum Gasteiger partial charge on any atom is -0.495 e. The molecule has 126 valence electrons. The van der Waals surface area contributed by atoms with E-state index in [1.54, 1.807) is 18.2 Å². The number of methoxy groups -OCH3 is 2. The highest BCUT2D eigenvalue weighted by Crippen LogP contribution is 2.35. The summed E-state index contributed by atoms with van der Waals surface area (Å²) in [5.41, 5.74) is 6.08. The normalized spacial score (nSPS) is 10.2. The van der Waals surface area contributed by atoms with Gasteiger partial charge in [-0.3, -0.25) is 9.59 Å². The van der Waals surface area contributed by atoms with Crippen molar-refractivity contribution in [1.82, 2.24) is 0 Å². The zero-order valence-electron chi connectivity index (χ0n) is 12.9. The van der Waals surface area contributed by atoms with Gasteiger partial charge in [0.15, 0.2) is 0 Å². The maximum absolute atomic E-state index is 12.4. The summed E-state index contributed by atoms with van der Waals surface area (Å²) in [5.74, 6) is -0.179. The molecule has 0 saturated carbocycles. The van der Waals surface area contributed by atoms with Crippen LogP contribution in [0.1, 0.15) is 20.7 Å². The smallest absolute Gasteiger partial charge is 0.255 e. The Balaban J connectivity index is 2.33. The summed E-state index contributed by atoms with van der Waals surface area (Å²) < 4.78 is 11.0. The van der Waals surface area contributed by atoms with Gasteiger partial charge in [-0.2, -0.15) is 0 Å². The molecule has 8 heteroatoms. The van der Waals surface area contributed by atoms with Crippen LogP contribution in [0.5, 0.6) is 11.5 Å². The van der Waals surface area contributed by atoms with Gasteiger partial charge in [0.25, 0.3) is 5.91 Å². The summed E-state index contributed by atoms with van der Waals surface area (Å²) in [5, 5.41) is 2.89. The Morgan fingerprint density at radius 1 is 1.12 bits per heavy atom. The zero-order chi connectivity index (χ0) is 17.9. The van der Waals surface area contributed by atoms with Crippen LogP contribution >= 0.6 is 27.5 Å². The fourth-order valence-electron chi connectivity index (χ4n) is 2.00. The average molecular weight is 414 g/mol. The van der Waals surface area contributed by atoms with E-state index >= 15 is 0 Å². The van der Waals surface area contributed by atoms with E-state index in [1.165, 1.54) is 26.4 Å². The first-order valence-electron chi connectivity index (χ1n) is 6.69. The number of nitrogens with one attached hydrogen (secondary N) is 1. The molecule has 2 amide bonds. The largest absolute Gasteiger partial charge is 0.495 e. The van der Waals surface area contributed by atoms with Crippen molar-refractivity contribution in [3.63, 3.8) is 0 Å². The molecular weight excluding hydrogens is 400 g/mol. The van der Waals surface area contributed by atoms with Crippen LogP contribution in [-0.4, -0.2) is 26.0 Å². The van der Waals surface area contributed by atoms with Crippen molar-refractivity contribution in [2.75, 3.05) is 19.5 Å². The number of anilines is 1. The lowest BCUT2D eigenvalue weighted by molar-refractivity contribution is 0.0996. The van der Waals surface area contributed by atoms with Crippen molar-refractivity contribution >= 4 is 45.0 Å². The molecule has 0 aliphatic carbocycles. The number of halogens is 2. The first kappa shape index (κ1) is 18.1. The number of amides is 2. The Morgan fingerprint density at radius 2 is 1.71 bits per heavy atom. The molecule has 0 aliphatic rings. The van der Waals surface area contributed by atoms with Crippen molar-refractivity contribution in [1.29, 1.82) is 0 Å². The van der Waals surface area contributed by atoms with Crippen LogP contribution in [0.4, 0.5) is 5.69 Å². The number of nitrogens with two attached hydrogens (primary N) is 1. The van der Waals surface area contributed by atoms with E-state index in [9.17, 15) is 9.59 Å². The third-order valence-electron chi connectivity index (χ3n) is 3.20. The van der Waals surface area contributed by atoms with Crippen molar-refractivity contribution < 1.29 is 19.1 Å². The molecule has 0 spiro atoms. The van der Waals surface area contributed by atoms with Crippen molar-refractivity contribution in [3.05, 3.63) is 51.0 Å². The molecule has 2 aromatic carbocycles. The van der Waals surface area contributed by atoms with E-state index in [4.69, 9.17) is 26.8 Å². The molecule has 0 radical (unpaired) electrons. The van der Waals surface area contributed by atoms with Gasteiger partial charge in [-0.25, -0.2) is 0 Å². The van der Waals surface area contributed by atoms with Gasteiger partial charge in [-0.1, -0.05) is 11.6 Å². The summed E-state index contributed by atoms with van der Waals surface area (Å²) in [6.45, 7) is 0. The average Bonchev–Trinajstić information content (AvgIpc) is 2.56. The van der Waals surface area contributed by atoms with Gasteiger partial charge >= 0.3 is 0 Å². The lowest BCUT2D eigenvalue weighted by atomic mass is 10.1. The van der Waals surface area contributed by atoms with Gasteiger partial charge in [0, 0.05) is 11.3 Å². The van der Waals surface area contributed by atoms with Gasteiger partial charge in [-0.05, 0) is 46.3 Å². The molecule has 2 rings (SSSR count). The van der Waals surface area contributed by atoms with E-state index < -0.39 is 11.8 Å². The van der Waals surface area contributed by atoms with Crippen LogP contribution in [0.25, 0.3) is 0 Å². The Morgan fingerprint density at radius 3 is 2.21 bits per heavy atom. The first-order valence-corrected chi connectivity index (χ1v) is 7.86. The highest BCUT2D eigenvalue weighted by atomic mass is 79.9. The molecule has 0 atom stereocenters. The van der Waals surface area contributed by atoms with Crippen molar-refractivity contribution in [2.45, 2.75) is 0 Å². The number of benzene rings is 2. The van der Waals surface area contributed by atoms with E-state index in [2.05, 4.69) is 21.2 Å². The molecule has 0 fully saturated rings.